The molecule has 1 aliphatic heterocycles. The van der Waals surface area contributed by atoms with E-state index in [1.54, 1.807) is 29.2 Å². The first-order valence-corrected chi connectivity index (χ1v) is 10.7. The number of halogens is 2. The van der Waals surface area contributed by atoms with Crippen LogP contribution in [0.1, 0.15) is 48.0 Å². The van der Waals surface area contributed by atoms with Gasteiger partial charge in [0.1, 0.15) is 11.8 Å². The lowest BCUT2D eigenvalue weighted by Gasteiger charge is -2.33. The van der Waals surface area contributed by atoms with Gasteiger partial charge in [-0.3, -0.25) is 9.59 Å². The lowest BCUT2D eigenvalue weighted by atomic mass is 9.84. The van der Waals surface area contributed by atoms with Crippen LogP contribution < -0.4 is 10.1 Å². The van der Waals surface area contributed by atoms with Gasteiger partial charge < -0.3 is 15.0 Å². The van der Waals surface area contributed by atoms with Crippen molar-refractivity contribution in [3.63, 3.8) is 0 Å². The summed E-state index contributed by atoms with van der Waals surface area (Å²) in [6.07, 6.45) is 4.79. The molecule has 0 radical (unpaired) electrons. The Labute approximate surface area is 180 Å². The molecule has 1 saturated heterocycles. The molecule has 1 aliphatic carbocycles. The van der Waals surface area contributed by atoms with Gasteiger partial charge in [0.05, 0.1) is 0 Å². The number of ether oxygens (including phenoxy) is 1. The Balaban J connectivity index is 1.48. The second-order valence-corrected chi connectivity index (χ2v) is 8.19. The SMILES string of the molecule is O=C(NCc1cccc(OC(F)F)c1)C1CC2CCCCC2N1C(=O)c1ccccc1. The third-order valence-corrected chi connectivity index (χ3v) is 6.24. The first-order chi connectivity index (χ1) is 15.0. The van der Waals surface area contributed by atoms with Crippen LogP contribution in [-0.2, 0) is 11.3 Å². The average molecular weight is 428 g/mol. The van der Waals surface area contributed by atoms with Gasteiger partial charge >= 0.3 is 6.61 Å². The number of hydrogen-bond donors (Lipinski definition) is 1. The van der Waals surface area contributed by atoms with Crippen LogP contribution in [0.3, 0.4) is 0 Å². The van der Waals surface area contributed by atoms with E-state index in [0.29, 0.717) is 23.5 Å². The highest BCUT2D eigenvalue weighted by Crippen LogP contribution is 2.40. The number of nitrogens with zero attached hydrogens (tertiary/aromatic N) is 1. The van der Waals surface area contributed by atoms with Gasteiger partial charge in [-0.1, -0.05) is 43.2 Å². The zero-order valence-electron chi connectivity index (χ0n) is 17.2. The molecule has 2 aromatic carbocycles. The summed E-state index contributed by atoms with van der Waals surface area (Å²) < 4.78 is 29.3. The number of benzene rings is 2. The van der Waals surface area contributed by atoms with Gasteiger partial charge in [-0.15, -0.1) is 0 Å². The van der Waals surface area contributed by atoms with Gasteiger partial charge in [-0.2, -0.15) is 8.78 Å². The van der Waals surface area contributed by atoms with E-state index >= 15 is 0 Å². The highest BCUT2D eigenvalue weighted by atomic mass is 19.3. The fraction of sp³-hybridized carbons (Fsp3) is 0.417. The van der Waals surface area contributed by atoms with Gasteiger partial charge in [-0.05, 0) is 55.0 Å². The number of amides is 2. The topological polar surface area (TPSA) is 58.6 Å². The van der Waals surface area contributed by atoms with Gasteiger partial charge in [0, 0.05) is 18.2 Å². The molecule has 2 amide bonds. The Morgan fingerprint density at radius 3 is 2.61 bits per heavy atom. The number of carbonyl (C=O) groups is 2. The van der Waals surface area contributed by atoms with E-state index in [4.69, 9.17) is 0 Å². The van der Waals surface area contributed by atoms with E-state index in [0.717, 1.165) is 25.7 Å². The predicted octanol–water partition coefficient (Wildman–Crippen LogP) is 4.38. The van der Waals surface area contributed by atoms with Crippen molar-refractivity contribution >= 4 is 11.8 Å². The molecule has 3 atom stereocenters. The van der Waals surface area contributed by atoms with Crippen LogP contribution in [0.25, 0.3) is 0 Å². The summed E-state index contributed by atoms with van der Waals surface area (Å²) in [5, 5.41) is 2.89. The largest absolute Gasteiger partial charge is 0.435 e. The van der Waals surface area contributed by atoms with Crippen LogP contribution in [-0.4, -0.2) is 35.4 Å². The number of likely N-dealkylation sites (tertiary alicyclic amines) is 1. The lowest BCUT2D eigenvalue weighted by Crippen LogP contribution is -2.49. The van der Waals surface area contributed by atoms with E-state index in [-0.39, 0.29) is 30.2 Å². The smallest absolute Gasteiger partial charge is 0.387 e. The van der Waals surface area contributed by atoms with Crippen LogP contribution in [0, 0.1) is 5.92 Å². The molecule has 1 N–H and O–H groups in total. The van der Waals surface area contributed by atoms with Crippen molar-refractivity contribution < 1.29 is 23.1 Å². The fourth-order valence-corrected chi connectivity index (χ4v) is 4.85. The number of carbonyl (C=O) groups excluding carboxylic acids is 2. The molecule has 5 nitrogen and oxygen atoms in total. The fourth-order valence-electron chi connectivity index (χ4n) is 4.85. The number of nitrogens with one attached hydrogen (secondary N) is 1. The molecule has 164 valence electrons. The molecular weight excluding hydrogens is 402 g/mol. The van der Waals surface area contributed by atoms with Crippen molar-refractivity contribution in [1.82, 2.24) is 10.2 Å². The molecule has 0 aromatic heterocycles. The summed E-state index contributed by atoms with van der Waals surface area (Å²) >= 11 is 0. The summed E-state index contributed by atoms with van der Waals surface area (Å²) in [4.78, 5) is 28.2. The van der Waals surface area contributed by atoms with E-state index < -0.39 is 12.7 Å². The van der Waals surface area contributed by atoms with Gasteiger partial charge in [0.25, 0.3) is 5.91 Å². The molecule has 2 aliphatic rings. The zero-order valence-corrected chi connectivity index (χ0v) is 17.2. The quantitative estimate of drug-likeness (QED) is 0.743. The van der Waals surface area contributed by atoms with Crippen LogP contribution in [0.5, 0.6) is 5.75 Å². The van der Waals surface area contributed by atoms with Crippen LogP contribution in [0.15, 0.2) is 54.6 Å². The molecule has 0 spiro atoms. The molecule has 2 aromatic rings. The van der Waals surface area contributed by atoms with E-state index in [1.165, 1.54) is 12.1 Å². The van der Waals surface area contributed by atoms with Crippen molar-refractivity contribution in [2.45, 2.75) is 57.3 Å². The third-order valence-electron chi connectivity index (χ3n) is 6.24. The predicted molar refractivity (Wildman–Crippen MR) is 112 cm³/mol. The first-order valence-electron chi connectivity index (χ1n) is 10.7. The maximum Gasteiger partial charge on any atom is 0.387 e. The molecule has 3 unspecified atom stereocenters. The summed E-state index contributed by atoms with van der Waals surface area (Å²) in [7, 11) is 0. The van der Waals surface area contributed by atoms with Crippen molar-refractivity contribution in [2.75, 3.05) is 0 Å². The van der Waals surface area contributed by atoms with Crippen molar-refractivity contribution in [3.8, 4) is 5.75 Å². The summed E-state index contributed by atoms with van der Waals surface area (Å²) in [6.45, 7) is -2.72. The van der Waals surface area contributed by atoms with Crippen LogP contribution in [0.2, 0.25) is 0 Å². The minimum absolute atomic E-state index is 0.0505. The van der Waals surface area contributed by atoms with E-state index in [9.17, 15) is 18.4 Å². The van der Waals surface area contributed by atoms with Crippen molar-refractivity contribution in [1.29, 1.82) is 0 Å². The van der Waals surface area contributed by atoms with Crippen LogP contribution >= 0.6 is 0 Å². The number of fused-ring (bicyclic) bond motifs is 1. The summed E-state index contributed by atoms with van der Waals surface area (Å²) in [5.41, 5.74) is 1.24. The van der Waals surface area contributed by atoms with Gasteiger partial charge in [-0.25, -0.2) is 0 Å². The first kappa shape index (κ1) is 21.3. The Morgan fingerprint density at radius 2 is 1.84 bits per heavy atom. The molecule has 7 heteroatoms. The standard InChI is InChI=1S/C24H26F2N2O3/c25-24(26)31-19-11-6-7-16(13-19)15-27-22(29)21-14-18-10-4-5-12-20(18)28(21)23(30)17-8-2-1-3-9-17/h1-3,6-9,11,13,18,20-21,24H,4-5,10,12,14-15H2,(H,27,29). The van der Waals surface area contributed by atoms with E-state index in [2.05, 4.69) is 10.1 Å². The zero-order chi connectivity index (χ0) is 21.8. The Bertz CT molecular complexity index is 922. The molecule has 1 heterocycles. The number of rotatable bonds is 6. The van der Waals surface area contributed by atoms with Gasteiger partial charge in [0.15, 0.2) is 0 Å². The number of hydrogen-bond acceptors (Lipinski definition) is 3. The van der Waals surface area contributed by atoms with E-state index in [1.807, 2.05) is 18.2 Å². The Morgan fingerprint density at radius 1 is 1.06 bits per heavy atom. The highest BCUT2D eigenvalue weighted by Gasteiger charge is 2.47. The average Bonchev–Trinajstić information content (AvgIpc) is 3.17. The molecule has 1 saturated carbocycles. The molecule has 31 heavy (non-hydrogen) atoms. The third kappa shape index (κ3) is 4.86. The Hall–Kier alpha value is -2.96. The number of alkyl halides is 2. The molecular formula is C24H26F2N2O3. The lowest BCUT2D eigenvalue weighted by molar-refractivity contribution is -0.125. The molecule has 0 bridgehead atoms. The maximum absolute atomic E-state index is 13.3. The van der Waals surface area contributed by atoms with Crippen molar-refractivity contribution in [2.24, 2.45) is 5.92 Å². The van der Waals surface area contributed by atoms with Gasteiger partial charge in [0.2, 0.25) is 5.91 Å². The Kier molecular flexibility index (Phi) is 6.49. The summed E-state index contributed by atoms with van der Waals surface area (Å²) in [5.74, 6) is 0.0655. The molecule has 4 rings (SSSR count). The highest BCUT2D eigenvalue weighted by molar-refractivity contribution is 5.98. The molecule has 2 fully saturated rings. The summed E-state index contributed by atoms with van der Waals surface area (Å²) in [6, 6.07) is 14.9. The van der Waals surface area contributed by atoms with Crippen LogP contribution in [0.4, 0.5) is 8.78 Å². The maximum atomic E-state index is 13.3. The monoisotopic (exact) mass is 428 g/mol. The second kappa shape index (κ2) is 9.45. The minimum Gasteiger partial charge on any atom is -0.435 e. The minimum atomic E-state index is -2.90. The van der Waals surface area contributed by atoms with Crippen molar-refractivity contribution in [3.05, 3.63) is 65.7 Å². The second-order valence-electron chi connectivity index (χ2n) is 8.19. The normalized spacial score (nSPS) is 22.8.